The van der Waals surface area contributed by atoms with Crippen LogP contribution in [0.4, 0.5) is 5.69 Å². The van der Waals surface area contributed by atoms with Crippen molar-refractivity contribution in [3.8, 4) is 0 Å². The molecule has 8 nitrogen and oxygen atoms in total. The Kier molecular flexibility index (Phi) is 3.24. The van der Waals surface area contributed by atoms with Crippen LogP contribution in [-0.2, 0) is 0 Å². The van der Waals surface area contributed by atoms with Gasteiger partial charge in [-0.3, -0.25) is 10.1 Å². The lowest BCUT2D eigenvalue weighted by Gasteiger charge is -2.00. The van der Waals surface area contributed by atoms with Crippen LogP contribution in [0.1, 0.15) is 10.5 Å². The molecule has 0 aliphatic carbocycles. The molecule has 18 heavy (non-hydrogen) atoms. The Bertz CT molecular complexity index is 598. The van der Waals surface area contributed by atoms with E-state index < -0.39 is 10.9 Å². The summed E-state index contributed by atoms with van der Waals surface area (Å²) in [6.45, 7) is 0. The van der Waals surface area contributed by atoms with Crippen LogP contribution in [0.5, 0.6) is 0 Å². The van der Waals surface area contributed by atoms with Crippen LogP contribution >= 0.6 is 11.8 Å². The first-order valence-corrected chi connectivity index (χ1v) is 5.35. The summed E-state index contributed by atoms with van der Waals surface area (Å²) in [7, 11) is 0. The Hall–Kier alpha value is -2.42. The molecule has 1 N–H and O–H groups in total. The number of carboxylic acids is 1. The molecule has 0 aliphatic rings. The van der Waals surface area contributed by atoms with E-state index in [4.69, 9.17) is 9.52 Å². The van der Waals surface area contributed by atoms with Gasteiger partial charge in [-0.05, 0) is 17.8 Å². The Balaban J connectivity index is 2.43. The maximum Gasteiger partial charge on any atom is 0.354 e. The van der Waals surface area contributed by atoms with Gasteiger partial charge in [0.05, 0.1) is 11.1 Å². The predicted molar refractivity (Wildman–Crippen MR) is 58.5 cm³/mol. The molecule has 0 saturated carbocycles. The van der Waals surface area contributed by atoms with Crippen molar-refractivity contribution >= 4 is 23.4 Å². The first-order chi connectivity index (χ1) is 8.58. The number of hydrogen-bond acceptors (Lipinski definition) is 7. The molecule has 0 fully saturated rings. The van der Waals surface area contributed by atoms with Gasteiger partial charge in [-0.15, -0.1) is 0 Å². The number of hydrogen-bond donors (Lipinski definition) is 1. The van der Waals surface area contributed by atoms with Crippen LogP contribution in [0, 0.1) is 10.1 Å². The molecule has 0 amide bonds. The zero-order valence-corrected chi connectivity index (χ0v) is 9.46. The van der Waals surface area contributed by atoms with Crippen molar-refractivity contribution in [2.24, 2.45) is 0 Å². The molecule has 2 rings (SSSR count). The number of aromatic carboxylic acids is 1. The van der Waals surface area contributed by atoms with E-state index >= 15 is 0 Å². The summed E-state index contributed by atoms with van der Waals surface area (Å²) in [5.74, 6) is -1.26. The Morgan fingerprint density at radius 1 is 1.50 bits per heavy atom. The van der Waals surface area contributed by atoms with Crippen LogP contribution in [0.25, 0.3) is 0 Å². The number of nitro groups is 1. The molecule has 0 aliphatic heterocycles. The number of nitrogens with zero attached hydrogens (tertiary/aromatic N) is 3. The first-order valence-electron chi connectivity index (χ1n) is 4.54. The van der Waals surface area contributed by atoms with E-state index in [0.717, 1.165) is 23.9 Å². The molecule has 0 saturated heterocycles. The van der Waals surface area contributed by atoms with Gasteiger partial charge < -0.3 is 9.52 Å². The van der Waals surface area contributed by atoms with Crippen molar-refractivity contribution < 1.29 is 19.2 Å². The largest absolute Gasteiger partial charge is 0.477 e. The van der Waals surface area contributed by atoms with Crippen LogP contribution in [-0.4, -0.2) is 26.0 Å². The van der Waals surface area contributed by atoms with Crippen LogP contribution in [0.2, 0.25) is 0 Å². The highest BCUT2D eigenvalue weighted by Gasteiger charge is 2.20. The third-order valence-electron chi connectivity index (χ3n) is 1.85. The SMILES string of the molecule is O=C(O)c1ccc([N+](=O)[O-])c(Sc2ncco2)n1. The van der Waals surface area contributed by atoms with Gasteiger partial charge in [-0.25, -0.2) is 14.8 Å². The number of pyridine rings is 1. The zero-order chi connectivity index (χ0) is 13.1. The van der Waals surface area contributed by atoms with Crippen molar-refractivity contribution in [2.45, 2.75) is 10.2 Å². The summed E-state index contributed by atoms with van der Waals surface area (Å²) >= 11 is 0.787. The Morgan fingerprint density at radius 3 is 2.83 bits per heavy atom. The molecular formula is C9H5N3O5S. The van der Waals surface area contributed by atoms with Gasteiger partial charge in [0.15, 0.2) is 5.03 Å². The fourth-order valence-corrected chi connectivity index (χ4v) is 1.88. The highest BCUT2D eigenvalue weighted by Crippen LogP contribution is 2.32. The first kappa shape index (κ1) is 12.0. The third kappa shape index (κ3) is 2.46. The number of carboxylic acid groups (broad SMARTS) is 1. The average Bonchev–Trinajstić information content (AvgIpc) is 2.81. The lowest BCUT2D eigenvalue weighted by atomic mass is 10.3. The van der Waals surface area contributed by atoms with Gasteiger partial charge >= 0.3 is 11.7 Å². The van der Waals surface area contributed by atoms with Gasteiger partial charge in [0.25, 0.3) is 5.22 Å². The topological polar surface area (TPSA) is 119 Å². The number of rotatable bonds is 4. The smallest absolute Gasteiger partial charge is 0.354 e. The molecule has 92 valence electrons. The molecule has 0 spiro atoms. The fourth-order valence-electron chi connectivity index (χ4n) is 1.11. The van der Waals surface area contributed by atoms with E-state index in [1.165, 1.54) is 12.5 Å². The molecule has 0 aromatic carbocycles. The minimum absolute atomic E-state index is 0.0812. The normalized spacial score (nSPS) is 10.2. The second-order valence-corrected chi connectivity index (χ2v) is 3.92. The lowest BCUT2D eigenvalue weighted by Crippen LogP contribution is -2.03. The molecule has 2 aromatic heterocycles. The van der Waals surface area contributed by atoms with Gasteiger partial charge in [0.2, 0.25) is 0 Å². The Labute approximate surface area is 104 Å². The zero-order valence-electron chi connectivity index (χ0n) is 8.64. The maximum absolute atomic E-state index is 10.8. The summed E-state index contributed by atoms with van der Waals surface area (Å²) in [5, 5.41) is 19.6. The van der Waals surface area contributed by atoms with E-state index in [0.29, 0.717) is 0 Å². The Morgan fingerprint density at radius 2 is 2.28 bits per heavy atom. The second kappa shape index (κ2) is 4.84. The third-order valence-corrected chi connectivity index (χ3v) is 2.72. The van der Waals surface area contributed by atoms with Crippen molar-refractivity contribution in [3.05, 3.63) is 40.4 Å². The highest BCUT2D eigenvalue weighted by molar-refractivity contribution is 7.99. The van der Waals surface area contributed by atoms with E-state index in [1.54, 1.807) is 0 Å². The second-order valence-electron chi connectivity index (χ2n) is 2.98. The van der Waals surface area contributed by atoms with Gasteiger partial charge in [-0.1, -0.05) is 0 Å². The van der Waals surface area contributed by atoms with Gasteiger partial charge in [0.1, 0.15) is 12.0 Å². The number of carbonyl (C=O) groups is 1. The van der Waals surface area contributed by atoms with Crippen molar-refractivity contribution in [1.29, 1.82) is 0 Å². The lowest BCUT2D eigenvalue weighted by molar-refractivity contribution is -0.388. The summed E-state index contributed by atoms with van der Waals surface area (Å²) < 4.78 is 4.91. The average molecular weight is 267 g/mol. The van der Waals surface area contributed by atoms with E-state index in [2.05, 4.69) is 9.97 Å². The number of oxazole rings is 1. The molecule has 2 aromatic rings. The van der Waals surface area contributed by atoms with E-state index in [9.17, 15) is 14.9 Å². The summed E-state index contributed by atoms with van der Waals surface area (Å²) in [6, 6.07) is 2.15. The van der Waals surface area contributed by atoms with Crippen LogP contribution < -0.4 is 0 Å². The van der Waals surface area contributed by atoms with Crippen molar-refractivity contribution in [1.82, 2.24) is 9.97 Å². The quantitative estimate of drug-likeness (QED) is 0.658. The fraction of sp³-hybridized carbons (Fsp3) is 0. The molecule has 9 heteroatoms. The van der Waals surface area contributed by atoms with Crippen LogP contribution in [0.3, 0.4) is 0 Å². The standard InChI is InChI=1S/C9H5N3O5S/c13-8(14)5-1-2-6(12(15)16)7(11-5)18-9-10-3-4-17-9/h1-4H,(H,13,14). The predicted octanol–water partition coefficient (Wildman–Crippen LogP) is 1.83. The van der Waals surface area contributed by atoms with E-state index in [1.807, 2.05) is 0 Å². The van der Waals surface area contributed by atoms with E-state index in [-0.39, 0.29) is 21.6 Å². The molecular weight excluding hydrogens is 262 g/mol. The molecule has 0 bridgehead atoms. The van der Waals surface area contributed by atoms with Crippen LogP contribution in [0.15, 0.2) is 39.3 Å². The summed E-state index contributed by atoms with van der Waals surface area (Å²) in [5.41, 5.74) is -0.585. The molecule has 2 heterocycles. The monoisotopic (exact) mass is 267 g/mol. The van der Waals surface area contributed by atoms with Crippen molar-refractivity contribution in [2.75, 3.05) is 0 Å². The highest BCUT2D eigenvalue weighted by atomic mass is 32.2. The van der Waals surface area contributed by atoms with Gasteiger partial charge in [-0.2, -0.15) is 0 Å². The molecule has 0 radical (unpaired) electrons. The summed E-state index contributed by atoms with van der Waals surface area (Å²) in [4.78, 5) is 28.4. The number of aromatic nitrogens is 2. The molecule has 0 atom stereocenters. The van der Waals surface area contributed by atoms with Gasteiger partial charge in [0, 0.05) is 6.07 Å². The van der Waals surface area contributed by atoms with Crippen molar-refractivity contribution in [3.63, 3.8) is 0 Å². The molecule has 0 unspecified atom stereocenters. The minimum Gasteiger partial charge on any atom is -0.477 e. The minimum atomic E-state index is -1.26. The maximum atomic E-state index is 10.8. The summed E-state index contributed by atoms with van der Waals surface area (Å²) in [6.07, 6.45) is 2.67.